The first-order chi connectivity index (χ1) is 17.6. The standard InChI is InChI=1S/C25H30BrF2N3O4.C2H4/c1-23(27,28)22-29-21(30-35-22)25-12-9-24(10-13-25,11-14-25)16-31(18-6-3-5-17(26)15-18)19(32)7-4-8-20(33)34-2;1-2/h3,5-6,15H,4,7-14,16H2,1-2H3;1-2H2. The summed E-state index contributed by atoms with van der Waals surface area (Å²) >= 11 is 3.50. The first-order valence-corrected chi connectivity index (χ1v) is 13.2. The Morgan fingerprint density at radius 3 is 2.35 bits per heavy atom. The molecule has 0 spiro atoms. The van der Waals surface area contributed by atoms with E-state index in [0.717, 1.165) is 55.6 Å². The Labute approximate surface area is 224 Å². The zero-order valence-electron chi connectivity index (χ0n) is 21.4. The monoisotopic (exact) mass is 581 g/mol. The number of nitrogens with zero attached hydrogens (tertiary/aromatic N) is 3. The minimum Gasteiger partial charge on any atom is -0.469 e. The highest BCUT2D eigenvalue weighted by Crippen LogP contribution is 2.57. The molecule has 0 atom stereocenters. The third-order valence-electron chi connectivity index (χ3n) is 7.59. The largest absolute Gasteiger partial charge is 0.469 e. The second-order valence-electron chi connectivity index (χ2n) is 9.98. The fraction of sp³-hybridized carbons (Fsp3) is 0.556. The van der Waals surface area contributed by atoms with Gasteiger partial charge in [-0.1, -0.05) is 27.2 Å². The lowest BCUT2D eigenvalue weighted by Crippen LogP contribution is -2.51. The van der Waals surface area contributed by atoms with Gasteiger partial charge >= 0.3 is 11.9 Å². The van der Waals surface area contributed by atoms with Crippen molar-refractivity contribution < 1.29 is 27.6 Å². The molecule has 5 rings (SSSR count). The third kappa shape index (κ3) is 6.64. The molecule has 7 nitrogen and oxygen atoms in total. The van der Waals surface area contributed by atoms with Crippen LogP contribution in [0.3, 0.4) is 0 Å². The van der Waals surface area contributed by atoms with E-state index in [9.17, 15) is 18.4 Å². The quantitative estimate of drug-likeness (QED) is 0.241. The van der Waals surface area contributed by atoms with E-state index in [1.807, 2.05) is 29.2 Å². The van der Waals surface area contributed by atoms with E-state index in [1.54, 1.807) is 0 Å². The highest BCUT2D eigenvalue weighted by molar-refractivity contribution is 9.10. The van der Waals surface area contributed by atoms with E-state index in [2.05, 4.69) is 39.2 Å². The van der Waals surface area contributed by atoms with Crippen molar-refractivity contribution in [2.24, 2.45) is 5.41 Å². The molecule has 37 heavy (non-hydrogen) atoms. The third-order valence-corrected chi connectivity index (χ3v) is 8.08. The molecule has 0 unspecified atom stereocenters. The Kier molecular flexibility index (Phi) is 9.26. The molecule has 1 aromatic carbocycles. The Bertz CT molecular complexity index is 1080. The summed E-state index contributed by atoms with van der Waals surface area (Å²) in [5, 5.41) is 3.92. The molecule has 0 N–H and O–H groups in total. The number of esters is 1. The SMILES string of the molecule is C=C.COC(=O)CCCC(=O)N(CC12CCC(c3noc(C(C)(F)F)n3)(CC1)CC2)c1cccc(Br)c1. The molecule has 3 saturated carbocycles. The molecule has 3 fully saturated rings. The number of anilines is 1. The number of aromatic nitrogens is 2. The number of halogens is 3. The van der Waals surface area contributed by atoms with Crippen molar-refractivity contribution in [2.45, 2.75) is 76.0 Å². The normalized spacial score (nSPS) is 22.6. The number of carbonyl (C=O) groups excluding carboxylic acids is 2. The maximum atomic E-state index is 13.6. The molecule has 2 bridgehead atoms. The lowest BCUT2D eigenvalue weighted by molar-refractivity contribution is -0.140. The van der Waals surface area contributed by atoms with Crippen molar-refractivity contribution in [1.29, 1.82) is 0 Å². The van der Waals surface area contributed by atoms with Gasteiger partial charge < -0.3 is 14.2 Å². The van der Waals surface area contributed by atoms with Crippen LogP contribution in [-0.4, -0.2) is 35.7 Å². The molecule has 2 aromatic rings. The zero-order valence-corrected chi connectivity index (χ0v) is 23.0. The Morgan fingerprint density at radius 2 is 1.81 bits per heavy atom. The van der Waals surface area contributed by atoms with E-state index in [-0.39, 0.29) is 35.5 Å². The van der Waals surface area contributed by atoms with Crippen molar-refractivity contribution in [3.05, 3.63) is 53.6 Å². The number of fused-ring (bicyclic) bond motifs is 3. The average molecular weight is 582 g/mol. The molecular weight excluding hydrogens is 548 g/mol. The van der Waals surface area contributed by atoms with Crippen LogP contribution < -0.4 is 4.90 Å². The Hall–Kier alpha value is -2.62. The summed E-state index contributed by atoms with van der Waals surface area (Å²) in [7, 11) is 1.34. The van der Waals surface area contributed by atoms with E-state index >= 15 is 0 Å². The maximum Gasteiger partial charge on any atom is 0.322 e. The van der Waals surface area contributed by atoms with Gasteiger partial charge in [-0.15, -0.1) is 13.2 Å². The highest BCUT2D eigenvalue weighted by atomic mass is 79.9. The van der Waals surface area contributed by atoms with E-state index in [0.29, 0.717) is 18.8 Å². The summed E-state index contributed by atoms with van der Waals surface area (Å²) in [4.78, 5) is 30.7. The van der Waals surface area contributed by atoms with E-state index in [4.69, 9.17) is 9.26 Å². The number of rotatable bonds is 9. The number of alkyl halides is 2. The van der Waals surface area contributed by atoms with Crippen LogP contribution >= 0.6 is 15.9 Å². The first kappa shape index (κ1) is 28.9. The molecule has 1 amide bonds. The minimum absolute atomic E-state index is 0.0308. The molecule has 10 heteroatoms. The topological polar surface area (TPSA) is 85.5 Å². The van der Waals surface area contributed by atoms with Gasteiger partial charge in [-0.05, 0) is 68.6 Å². The van der Waals surface area contributed by atoms with Crippen LogP contribution in [0.2, 0.25) is 0 Å². The van der Waals surface area contributed by atoms with Crippen LogP contribution in [-0.2, 0) is 25.7 Å². The number of amides is 1. The molecule has 0 aliphatic heterocycles. The number of methoxy groups -OCH3 is 1. The number of carbonyl (C=O) groups is 2. The Balaban J connectivity index is 0.00000186. The fourth-order valence-electron chi connectivity index (χ4n) is 5.38. The van der Waals surface area contributed by atoms with Crippen LogP contribution in [0.4, 0.5) is 14.5 Å². The summed E-state index contributed by atoms with van der Waals surface area (Å²) in [6, 6.07) is 7.66. The van der Waals surface area contributed by atoms with Crippen molar-refractivity contribution in [3.8, 4) is 0 Å². The van der Waals surface area contributed by atoms with E-state index in [1.165, 1.54) is 7.11 Å². The van der Waals surface area contributed by atoms with Gasteiger partial charge in [-0.2, -0.15) is 13.8 Å². The van der Waals surface area contributed by atoms with Crippen LogP contribution in [0.5, 0.6) is 0 Å². The fourth-order valence-corrected chi connectivity index (χ4v) is 5.76. The second-order valence-corrected chi connectivity index (χ2v) is 10.9. The minimum atomic E-state index is -3.16. The maximum absolute atomic E-state index is 13.6. The summed E-state index contributed by atoms with van der Waals surface area (Å²) < 4.78 is 37.7. The van der Waals surface area contributed by atoms with Gasteiger partial charge in [0.05, 0.1) is 7.11 Å². The number of hydrogen-bond donors (Lipinski definition) is 0. The van der Waals surface area contributed by atoms with Crippen LogP contribution in [0.15, 0.2) is 46.4 Å². The highest BCUT2D eigenvalue weighted by Gasteiger charge is 2.53. The molecule has 3 aliphatic carbocycles. The van der Waals surface area contributed by atoms with Gasteiger partial charge in [-0.3, -0.25) is 9.59 Å². The molecule has 202 valence electrons. The van der Waals surface area contributed by atoms with Crippen LogP contribution in [0.25, 0.3) is 0 Å². The van der Waals surface area contributed by atoms with Gasteiger partial charge in [0.15, 0.2) is 5.82 Å². The zero-order chi connectivity index (χ0) is 27.3. The van der Waals surface area contributed by atoms with Crippen molar-refractivity contribution in [2.75, 3.05) is 18.6 Å². The molecule has 3 aliphatic rings. The second kappa shape index (κ2) is 11.8. The molecular formula is C27H34BrF2N3O4. The predicted molar refractivity (Wildman–Crippen MR) is 139 cm³/mol. The van der Waals surface area contributed by atoms with E-state index < -0.39 is 11.8 Å². The van der Waals surface area contributed by atoms with Gasteiger partial charge in [0.2, 0.25) is 5.91 Å². The predicted octanol–water partition coefficient (Wildman–Crippen LogP) is 6.71. The van der Waals surface area contributed by atoms with Gasteiger partial charge in [0.1, 0.15) is 0 Å². The summed E-state index contributed by atoms with van der Waals surface area (Å²) in [5.41, 5.74) is 0.399. The molecule has 0 saturated heterocycles. The van der Waals surface area contributed by atoms with Gasteiger partial charge in [0, 0.05) is 41.9 Å². The smallest absolute Gasteiger partial charge is 0.322 e. The summed E-state index contributed by atoms with van der Waals surface area (Å²) in [6.07, 6.45) is 5.72. The van der Waals surface area contributed by atoms with Crippen molar-refractivity contribution >= 4 is 33.5 Å². The van der Waals surface area contributed by atoms with Gasteiger partial charge in [0.25, 0.3) is 5.89 Å². The summed E-state index contributed by atoms with van der Waals surface area (Å²) in [6.45, 7) is 7.33. The lowest BCUT2D eigenvalue weighted by Gasteiger charge is -2.53. The number of benzene rings is 1. The van der Waals surface area contributed by atoms with Crippen LogP contribution in [0, 0.1) is 5.41 Å². The van der Waals surface area contributed by atoms with Crippen molar-refractivity contribution in [1.82, 2.24) is 10.1 Å². The number of hydrogen-bond acceptors (Lipinski definition) is 6. The average Bonchev–Trinajstić information content (AvgIpc) is 3.42. The summed E-state index contributed by atoms with van der Waals surface area (Å²) in [5.74, 6) is -3.77. The lowest BCUT2D eigenvalue weighted by atomic mass is 9.53. The van der Waals surface area contributed by atoms with Crippen molar-refractivity contribution in [3.63, 3.8) is 0 Å². The molecule has 0 radical (unpaired) electrons. The molecule has 1 heterocycles. The molecule has 1 aromatic heterocycles. The van der Waals surface area contributed by atoms with Crippen LogP contribution in [0.1, 0.15) is 76.4 Å². The van der Waals surface area contributed by atoms with Gasteiger partial charge in [-0.25, -0.2) is 0 Å². The first-order valence-electron chi connectivity index (χ1n) is 12.4. The Morgan fingerprint density at radius 1 is 1.16 bits per heavy atom. The number of ether oxygens (including phenoxy) is 1.